The molecule has 0 radical (unpaired) electrons. The molecule has 1 aromatic rings. The second-order valence-electron chi connectivity index (χ2n) is 4.65. The molecule has 1 saturated heterocycles. The Labute approximate surface area is 112 Å². The summed E-state index contributed by atoms with van der Waals surface area (Å²) in [4.78, 5) is 11.6. The molecule has 104 valence electrons. The molecule has 1 unspecified atom stereocenters. The van der Waals surface area contributed by atoms with Crippen molar-refractivity contribution < 1.29 is 17.9 Å². The number of hydrogen-bond donors (Lipinski definition) is 1. The molecule has 0 aliphatic carbocycles. The molecule has 0 saturated carbocycles. The Morgan fingerprint density at radius 1 is 1.32 bits per heavy atom. The third-order valence-electron chi connectivity index (χ3n) is 2.94. The Hall–Kier alpha value is -1.40. The van der Waals surface area contributed by atoms with Gasteiger partial charge >= 0.3 is 0 Å². The summed E-state index contributed by atoms with van der Waals surface area (Å²) in [5, 5.41) is 2.68. The molecule has 2 rings (SSSR count). The zero-order chi connectivity index (χ0) is 13.7. The molecule has 1 aliphatic heterocycles. The Balaban J connectivity index is 1.68. The van der Waals surface area contributed by atoms with E-state index in [4.69, 9.17) is 4.74 Å². The minimum atomic E-state index is -2.96. The van der Waals surface area contributed by atoms with E-state index in [-0.39, 0.29) is 30.1 Å². The van der Waals surface area contributed by atoms with Crippen molar-refractivity contribution in [2.45, 2.75) is 19.1 Å². The average molecular weight is 283 g/mol. The first-order valence-electron chi connectivity index (χ1n) is 6.17. The summed E-state index contributed by atoms with van der Waals surface area (Å²) in [6.45, 7) is 0.322. The van der Waals surface area contributed by atoms with Crippen LogP contribution in [0.2, 0.25) is 0 Å². The maximum Gasteiger partial charge on any atom is 0.246 e. The van der Waals surface area contributed by atoms with E-state index in [9.17, 15) is 13.2 Å². The molecule has 1 fully saturated rings. The van der Waals surface area contributed by atoms with Crippen LogP contribution in [0.4, 0.5) is 0 Å². The van der Waals surface area contributed by atoms with Gasteiger partial charge in [-0.2, -0.15) is 0 Å². The number of hydrogen-bond acceptors (Lipinski definition) is 4. The first-order valence-corrected chi connectivity index (χ1v) is 7.99. The SMILES string of the molecule is O=C(COCc1ccccc1)NC1CCS(=O)(=O)C1. The van der Waals surface area contributed by atoms with Gasteiger partial charge in [-0.3, -0.25) is 4.79 Å². The number of carbonyl (C=O) groups is 1. The maximum absolute atomic E-state index is 11.6. The van der Waals surface area contributed by atoms with Crippen molar-refractivity contribution in [1.29, 1.82) is 0 Å². The minimum absolute atomic E-state index is 0.0391. The molecule has 0 aromatic heterocycles. The van der Waals surface area contributed by atoms with Crippen LogP contribution in [0.1, 0.15) is 12.0 Å². The average Bonchev–Trinajstić information content (AvgIpc) is 2.70. The van der Waals surface area contributed by atoms with Crippen LogP contribution in [0.25, 0.3) is 0 Å². The monoisotopic (exact) mass is 283 g/mol. The molecule has 1 aliphatic rings. The summed E-state index contributed by atoms with van der Waals surface area (Å²) in [6.07, 6.45) is 0.493. The molecule has 1 amide bonds. The molecule has 0 bridgehead atoms. The van der Waals surface area contributed by atoms with Crippen LogP contribution in [-0.4, -0.2) is 38.5 Å². The zero-order valence-electron chi connectivity index (χ0n) is 10.5. The van der Waals surface area contributed by atoms with Gasteiger partial charge in [-0.25, -0.2) is 8.42 Å². The van der Waals surface area contributed by atoms with E-state index in [0.717, 1.165) is 5.56 Å². The second-order valence-corrected chi connectivity index (χ2v) is 6.87. The van der Waals surface area contributed by atoms with E-state index in [2.05, 4.69) is 5.32 Å². The van der Waals surface area contributed by atoms with Crippen molar-refractivity contribution in [2.75, 3.05) is 18.1 Å². The summed E-state index contributed by atoms with van der Waals surface area (Å²) >= 11 is 0. The lowest BCUT2D eigenvalue weighted by atomic mass is 10.2. The van der Waals surface area contributed by atoms with Gasteiger partial charge in [0.1, 0.15) is 6.61 Å². The number of amides is 1. The van der Waals surface area contributed by atoms with Gasteiger partial charge < -0.3 is 10.1 Å². The summed E-state index contributed by atoms with van der Waals surface area (Å²) in [6, 6.07) is 9.29. The lowest BCUT2D eigenvalue weighted by Crippen LogP contribution is -2.37. The van der Waals surface area contributed by atoms with Gasteiger partial charge in [0.2, 0.25) is 5.91 Å². The highest BCUT2D eigenvalue weighted by atomic mass is 32.2. The fraction of sp³-hybridized carbons (Fsp3) is 0.462. The number of nitrogens with one attached hydrogen (secondary N) is 1. The van der Waals surface area contributed by atoms with Crippen molar-refractivity contribution in [3.63, 3.8) is 0 Å². The lowest BCUT2D eigenvalue weighted by molar-refractivity contribution is -0.126. The Kier molecular flexibility index (Phi) is 4.55. The molecule has 1 N–H and O–H groups in total. The molecule has 0 spiro atoms. The fourth-order valence-corrected chi connectivity index (χ4v) is 3.69. The summed E-state index contributed by atoms with van der Waals surface area (Å²) in [5.41, 5.74) is 0.999. The zero-order valence-corrected chi connectivity index (χ0v) is 11.4. The number of sulfone groups is 1. The third-order valence-corrected chi connectivity index (χ3v) is 4.71. The topological polar surface area (TPSA) is 72.5 Å². The van der Waals surface area contributed by atoms with Gasteiger partial charge in [-0.05, 0) is 12.0 Å². The maximum atomic E-state index is 11.6. The van der Waals surface area contributed by atoms with Gasteiger partial charge in [0.05, 0.1) is 18.1 Å². The first kappa shape index (κ1) is 14.0. The quantitative estimate of drug-likeness (QED) is 0.854. The standard InChI is InChI=1S/C13H17NO4S/c15-13(14-12-6-7-19(16,17)10-12)9-18-8-11-4-2-1-3-5-11/h1-5,12H,6-10H2,(H,14,15). The summed E-state index contributed by atoms with van der Waals surface area (Å²) in [5.74, 6) is -0.0710. The van der Waals surface area contributed by atoms with E-state index in [1.165, 1.54) is 0 Å². The number of benzene rings is 1. The smallest absolute Gasteiger partial charge is 0.246 e. The molecule has 1 heterocycles. The van der Waals surface area contributed by atoms with Gasteiger partial charge in [0.15, 0.2) is 9.84 Å². The Morgan fingerprint density at radius 3 is 2.68 bits per heavy atom. The van der Waals surface area contributed by atoms with E-state index in [1.54, 1.807) is 0 Å². The van der Waals surface area contributed by atoms with E-state index >= 15 is 0 Å². The van der Waals surface area contributed by atoms with Crippen LogP contribution in [0.5, 0.6) is 0 Å². The van der Waals surface area contributed by atoms with E-state index in [1.807, 2.05) is 30.3 Å². The highest BCUT2D eigenvalue weighted by Gasteiger charge is 2.28. The highest BCUT2D eigenvalue weighted by Crippen LogP contribution is 2.11. The molecular formula is C13H17NO4S. The second kappa shape index (κ2) is 6.16. The lowest BCUT2D eigenvalue weighted by Gasteiger charge is -2.11. The predicted octanol–water partition coefficient (Wildman–Crippen LogP) is 0.506. The van der Waals surface area contributed by atoms with Gasteiger partial charge in [0.25, 0.3) is 0 Å². The van der Waals surface area contributed by atoms with Crippen molar-refractivity contribution in [3.8, 4) is 0 Å². The van der Waals surface area contributed by atoms with Crippen molar-refractivity contribution in [3.05, 3.63) is 35.9 Å². The Bertz CT molecular complexity index is 527. The fourth-order valence-electron chi connectivity index (χ4n) is 2.01. The van der Waals surface area contributed by atoms with Crippen LogP contribution >= 0.6 is 0 Å². The molecule has 6 heteroatoms. The first-order chi connectivity index (χ1) is 9.05. The van der Waals surface area contributed by atoms with Gasteiger partial charge in [-0.1, -0.05) is 30.3 Å². The number of rotatable bonds is 5. The normalized spacial score (nSPS) is 21.2. The van der Waals surface area contributed by atoms with Crippen LogP contribution in [0, 0.1) is 0 Å². The van der Waals surface area contributed by atoms with Crippen molar-refractivity contribution in [1.82, 2.24) is 5.32 Å². The van der Waals surface area contributed by atoms with Crippen LogP contribution in [0.3, 0.4) is 0 Å². The van der Waals surface area contributed by atoms with Crippen molar-refractivity contribution in [2.24, 2.45) is 0 Å². The predicted molar refractivity (Wildman–Crippen MR) is 71.3 cm³/mol. The molecule has 1 aromatic carbocycles. The number of ether oxygens (including phenoxy) is 1. The number of carbonyl (C=O) groups excluding carboxylic acids is 1. The Morgan fingerprint density at radius 2 is 2.05 bits per heavy atom. The van der Waals surface area contributed by atoms with Crippen LogP contribution < -0.4 is 5.32 Å². The van der Waals surface area contributed by atoms with Crippen molar-refractivity contribution >= 4 is 15.7 Å². The molecule has 1 atom stereocenters. The molecular weight excluding hydrogens is 266 g/mol. The minimum Gasteiger partial charge on any atom is -0.367 e. The molecule has 5 nitrogen and oxygen atoms in total. The van der Waals surface area contributed by atoms with Gasteiger partial charge in [0, 0.05) is 6.04 Å². The summed E-state index contributed by atoms with van der Waals surface area (Å²) < 4.78 is 27.8. The largest absolute Gasteiger partial charge is 0.367 e. The van der Waals surface area contributed by atoms with Crippen LogP contribution in [-0.2, 0) is 26.0 Å². The third kappa shape index (κ3) is 4.65. The highest BCUT2D eigenvalue weighted by molar-refractivity contribution is 7.91. The van der Waals surface area contributed by atoms with E-state index in [0.29, 0.717) is 13.0 Å². The van der Waals surface area contributed by atoms with Gasteiger partial charge in [-0.15, -0.1) is 0 Å². The molecule has 19 heavy (non-hydrogen) atoms. The summed E-state index contributed by atoms with van der Waals surface area (Å²) in [7, 11) is -2.96. The van der Waals surface area contributed by atoms with E-state index < -0.39 is 9.84 Å². The van der Waals surface area contributed by atoms with Crippen LogP contribution in [0.15, 0.2) is 30.3 Å².